The van der Waals surface area contributed by atoms with Gasteiger partial charge in [-0.05, 0) is 42.2 Å². The van der Waals surface area contributed by atoms with Crippen molar-refractivity contribution < 1.29 is 5.11 Å². The summed E-state index contributed by atoms with van der Waals surface area (Å²) < 4.78 is 0. The van der Waals surface area contributed by atoms with E-state index in [2.05, 4.69) is 31.0 Å². The van der Waals surface area contributed by atoms with Gasteiger partial charge in [-0.1, -0.05) is 38.1 Å². The molecule has 0 fully saturated rings. The van der Waals surface area contributed by atoms with Crippen molar-refractivity contribution in [2.45, 2.75) is 26.2 Å². The van der Waals surface area contributed by atoms with Gasteiger partial charge in [0.1, 0.15) is 5.75 Å². The van der Waals surface area contributed by atoms with Crippen LogP contribution >= 0.6 is 0 Å². The molecule has 0 radical (unpaired) electrons. The first-order valence-electron chi connectivity index (χ1n) is 6.62. The molecule has 0 aliphatic carbocycles. The zero-order valence-corrected chi connectivity index (χ0v) is 11.4. The third kappa shape index (κ3) is 3.44. The Balaban J connectivity index is 2.14. The molecule has 2 aromatic rings. The molecule has 0 spiro atoms. The van der Waals surface area contributed by atoms with Crippen molar-refractivity contribution in [3.63, 3.8) is 0 Å². The van der Waals surface area contributed by atoms with E-state index in [-0.39, 0.29) is 5.75 Å². The average Bonchev–Trinajstić information content (AvgIpc) is 2.46. The monoisotopic (exact) mass is 253 g/mol. The van der Waals surface area contributed by atoms with Crippen LogP contribution < -0.4 is 0 Å². The second kappa shape index (κ2) is 6.19. The van der Waals surface area contributed by atoms with Crippen molar-refractivity contribution in [2.24, 2.45) is 4.99 Å². The van der Waals surface area contributed by atoms with Gasteiger partial charge in [0.2, 0.25) is 0 Å². The normalized spacial score (nSPS) is 12.7. The van der Waals surface area contributed by atoms with Gasteiger partial charge < -0.3 is 5.11 Å². The van der Waals surface area contributed by atoms with Gasteiger partial charge in [0, 0.05) is 11.8 Å². The van der Waals surface area contributed by atoms with Gasteiger partial charge in [-0.25, -0.2) is 0 Å². The first-order valence-corrected chi connectivity index (χ1v) is 6.62. The number of phenols is 1. The molecule has 19 heavy (non-hydrogen) atoms. The van der Waals surface area contributed by atoms with Crippen LogP contribution in [0.5, 0.6) is 5.75 Å². The van der Waals surface area contributed by atoms with E-state index in [1.165, 1.54) is 5.56 Å². The third-order valence-corrected chi connectivity index (χ3v) is 3.36. The summed E-state index contributed by atoms with van der Waals surface area (Å²) in [5, 5.41) is 9.65. The molecule has 0 aromatic heterocycles. The van der Waals surface area contributed by atoms with E-state index in [9.17, 15) is 5.11 Å². The maximum absolute atomic E-state index is 9.65. The summed E-state index contributed by atoms with van der Waals surface area (Å²) in [4.78, 5) is 4.38. The van der Waals surface area contributed by atoms with Gasteiger partial charge in [-0.2, -0.15) is 0 Å². The fourth-order valence-corrected chi connectivity index (χ4v) is 1.87. The molecule has 0 aliphatic rings. The molecule has 0 heterocycles. The van der Waals surface area contributed by atoms with Crippen LogP contribution in [0.3, 0.4) is 0 Å². The molecule has 2 aromatic carbocycles. The quantitative estimate of drug-likeness (QED) is 0.790. The van der Waals surface area contributed by atoms with Crippen molar-refractivity contribution in [2.75, 3.05) is 0 Å². The number of phenolic OH excluding ortho intramolecular Hbond substituents is 1. The molecule has 1 unspecified atom stereocenters. The minimum absolute atomic E-state index is 0.252. The van der Waals surface area contributed by atoms with E-state index in [1.807, 2.05) is 24.3 Å². The van der Waals surface area contributed by atoms with Gasteiger partial charge in [-0.3, -0.25) is 4.99 Å². The van der Waals surface area contributed by atoms with Crippen molar-refractivity contribution in [3.8, 4) is 5.75 Å². The van der Waals surface area contributed by atoms with E-state index in [4.69, 9.17) is 0 Å². The Hall–Kier alpha value is -2.09. The van der Waals surface area contributed by atoms with Crippen LogP contribution in [-0.4, -0.2) is 11.3 Å². The average molecular weight is 253 g/mol. The zero-order chi connectivity index (χ0) is 13.7. The number of nitrogens with zero attached hydrogens (tertiary/aromatic N) is 1. The Kier molecular flexibility index (Phi) is 4.35. The summed E-state index contributed by atoms with van der Waals surface area (Å²) >= 11 is 0. The second-order valence-electron chi connectivity index (χ2n) is 4.72. The maximum atomic E-state index is 9.65. The largest absolute Gasteiger partial charge is 0.507 e. The molecular formula is C17H19NO. The van der Waals surface area contributed by atoms with E-state index in [0.29, 0.717) is 5.92 Å². The molecule has 2 heteroatoms. The number of hydrogen-bond acceptors (Lipinski definition) is 2. The van der Waals surface area contributed by atoms with E-state index in [0.717, 1.165) is 17.7 Å². The van der Waals surface area contributed by atoms with Crippen molar-refractivity contribution >= 4 is 11.9 Å². The van der Waals surface area contributed by atoms with Gasteiger partial charge in [0.25, 0.3) is 0 Å². The van der Waals surface area contributed by atoms with E-state index in [1.54, 1.807) is 18.3 Å². The number of hydrogen-bond donors (Lipinski definition) is 1. The Bertz CT molecular complexity index is 558. The summed E-state index contributed by atoms with van der Waals surface area (Å²) in [7, 11) is 0. The summed E-state index contributed by atoms with van der Waals surface area (Å²) in [5.41, 5.74) is 2.97. The molecule has 2 nitrogen and oxygen atoms in total. The third-order valence-electron chi connectivity index (χ3n) is 3.36. The minimum atomic E-state index is 0.252. The Morgan fingerprint density at radius 3 is 2.42 bits per heavy atom. The number of aromatic hydroxyl groups is 1. The molecule has 0 bridgehead atoms. The molecule has 0 amide bonds. The SMILES string of the molecule is CCC(C)c1ccc(N=Cc2ccccc2O)cc1. The lowest BCUT2D eigenvalue weighted by Gasteiger charge is -2.08. The lowest BCUT2D eigenvalue weighted by atomic mass is 9.99. The van der Waals surface area contributed by atoms with Crippen molar-refractivity contribution in [1.82, 2.24) is 0 Å². The molecule has 0 aliphatic heterocycles. The van der Waals surface area contributed by atoms with Gasteiger partial charge in [0.05, 0.1) is 5.69 Å². The predicted octanol–water partition coefficient (Wildman–Crippen LogP) is 4.66. The lowest BCUT2D eigenvalue weighted by molar-refractivity contribution is 0.474. The first kappa shape index (κ1) is 13.3. The number of aliphatic imine (C=N–C) groups is 1. The highest BCUT2D eigenvalue weighted by Crippen LogP contribution is 2.22. The maximum Gasteiger partial charge on any atom is 0.124 e. The molecular weight excluding hydrogens is 234 g/mol. The molecule has 1 N–H and O–H groups in total. The highest BCUT2D eigenvalue weighted by Gasteiger charge is 2.01. The summed E-state index contributed by atoms with van der Waals surface area (Å²) in [6, 6.07) is 15.4. The van der Waals surface area contributed by atoms with E-state index < -0.39 is 0 Å². The van der Waals surface area contributed by atoms with Crippen molar-refractivity contribution in [1.29, 1.82) is 0 Å². The second-order valence-corrected chi connectivity index (χ2v) is 4.72. The van der Waals surface area contributed by atoms with Gasteiger partial charge >= 0.3 is 0 Å². The summed E-state index contributed by atoms with van der Waals surface area (Å²) in [5.74, 6) is 0.832. The van der Waals surface area contributed by atoms with Crippen LogP contribution in [0.25, 0.3) is 0 Å². The van der Waals surface area contributed by atoms with Crippen LogP contribution in [0.1, 0.15) is 37.3 Å². The lowest BCUT2D eigenvalue weighted by Crippen LogP contribution is -1.89. The minimum Gasteiger partial charge on any atom is -0.507 e. The van der Waals surface area contributed by atoms with Crippen LogP contribution in [0.2, 0.25) is 0 Å². The Morgan fingerprint density at radius 2 is 1.79 bits per heavy atom. The van der Waals surface area contributed by atoms with Gasteiger partial charge in [0.15, 0.2) is 0 Å². The van der Waals surface area contributed by atoms with Crippen LogP contribution in [0, 0.1) is 0 Å². The number of benzene rings is 2. The predicted molar refractivity (Wildman–Crippen MR) is 80.5 cm³/mol. The number of rotatable bonds is 4. The molecule has 2 rings (SSSR count). The standard InChI is InChI=1S/C17H19NO/c1-3-13(2)14-8-10-16(11-9-14)18-12-15-6-4-5-7-17(15)19/h4-13,19H,3H2,1-2H3. The highest BCUT2D eigenvalue weighted by atomic mass is 16.3. The molecule has 1 atom stereocenters. The first-order chi connectivity index (χ1) is 9.20. The fraction of sp³-hybridized carbons (Fsp3) is 0.235. The van der Waals surface area contributed by atoms with Crippen LogP contribution in [0.15, 0.2) is 53.5 Å². The van der Waals surface area contributed by atoms with Crippen molar-refractivity contribution in [3.05, 3.63) is 59.7 Å². The summed E-state index contributed by atoms with van der Waals surface area (Å²) in [6.07, 6.45) is 2.83. The fourth-order valence-electron chi connectivity index (χ4n) is 1.87. The van der Waals surface area contributed by atoms with E-state index >= 15 is 0 Å². The molecule has 0 saturated carbocycles. The highest BCUT2D eigenvalue weighted by molar-refractivity contribution is 5.85. The van der Waals surface area contributed by atoms with Gasteiger partial charge in [-0.15, -0.1) is 0 Å². The number of para-hydroxylation sites is 1. The summed E-state index contributed by atoms with van der Waals surface area (Å²) in [6.45, 7) is 4.41. The molecule has 0 saturated heterocycles. The Morgan fingerprint density at radius 1 is 1.11 bits per heavy atom. The smallest absolute Gasteiger partial charge is 0.124 e. The zero-order valence-electron chi connectivity index (χ0n) is 11.4. The molecule has 98 valence electrons. The topological polar surface area (TPSA) is 32.6 Å². The van der Waals surface area contributed by atoms with Crippen LogP contribution in [0.4, 0.5) is 5.69 Å². The van der Waals surface area contributed by atoms with Crippen LogP contribution in [-0.2, 0) is 0 Å². The Labute approximate surface area is 114 Å².